The van der Waals surface area contributed by atoms with E-state index in [0.717, 1.165) is 18.4 Å². The van der Waals surface area contributed by atoms with Crippen LogP contribution in [0.5, 0.6) is 0 Å². The summed E-state index contributed by atoms with van der Waals surface area (Å²) in [5, 5.41) is 1.31. The molecule has 0 amide bonds. The molecular formula is C12H18Cl2N2. The molecule has 0 bridgehead atoms. The maximum absolute atomic E-state index is 6.14. The molecule has 0 aliphatic heterocycles. The molecule has 0 radical (unpaired) electrons. The minimum atomic E-state index is 0.0900. The van der Waals surface area contributed by atoms with Crippen molar-refractivity contribution in [3.05, 3.63) is 33.8 Å². The van der Waals surface area contributed by atoms with Crippen LogP contribution in [0, 0.1) is 5.92 Å². The van der Waals surface area contributed by atoms with E-state index in [0.29, 0.717) is 16.0 Å². The summed E-state index contributed by atoms with van der Waals surface area (Å²) in [6.45, 7) is 4.38. The topological polar surface area (TPSA) is 38.0 Å². The molecule has 0 saturated carbocycles. The highest BCUT2D eigenvalue weighted by Crippen LogP contribution is 2.29. The monoisotopic (exact) mass is 260 g/mol. The van der Waals surface area contributed by atoms with E-state index >= 15 is 0 Å². The minimum absolute atomic E-state index is 0.0900. The Morgan fingerprint density at radius 3 is 2.44 bits per heavy atom. The molecule has 3 N–H and O–H groups in total. The Labute approximate surface area is 107 Å². The summed E-state index contributed by atoms with van der Waals surface area (Å²) in [5.41, 5.74) is 3.82. The molecule has 0 spiro atoms. The first kappa shape index (κ1) is 13.8. The molecule has 0 saturated heterocycles. The van der Waals surface area contributed by atoms with Crippen molar-refractivity contribution >= 4 is 23.2 Å². The first-order valence-electron chi connectivity index (χ1n) is 5.45. The van der Waals surface area contributed by atoms with E-state index in [2.05, 4.69) is 19.3 Å². The number of nitrogens with one attached hydrogen (secondary N) is 1. The van der Waals surface area contributed by atoms with Gasteiger partial charge in [-0.25, -0.2) is 0 Å². The van der Waals surface area contributed by atoms with Crippen LogP contribution in [-0.4, -0.2) is 0 Å². The first-order valence-corrected chi connectivity index (χ1v) is 6.21. The van der Waals surface area contributed by atoms with Gasteiger partial charge in [-0.05, 0) is 36.5 Å². The van der Waals surface area contributed by atoms with Gasteiger partial charge in [0.25, 0.3) is 0 Å². The van der Waals surface area contributed by atoms with Crippen molar-refractivity contribution in [2.45, 2.75) is 32.7 Å². The maximum Gasteiger partial charge on any atom is 0.0474 e. The van der Waals surface area contributed by atoms with Gasteiger partial charge in [0.2, 0.25) is 0 Å². The summed E-state index contributed by atoms with van der Waals surface area (Å²) in [6.07, 6.45) is 2.07. The van der Waals surface area contributed by atoms with Crippen molar-refractivity contribution in [3.63, 3.8) is 0 Å². The van der Waals surface area contributed by atoms with Crippen molar-refractivity contribution in [2.75, 3.05) is 0 Å². The predicted molar refractivity (Wildman–Crippen MR) is 70.6 cm³/mol. The normalized spacial score (nSPS) is 13.1. The highest BCUT2D eigenvalue weighted by atomic mass is 35.5. The van der Waals surface area contributed by atoms with E-state index in [-0.39, 0.29) is 6.04 Å². The van der Waals surface area contributed by atoms with Crippen molar-refractivity contribution in [3.8, 4) is 0 Å². The van der Waals surface area contributed by atoms with Crippen molar-refractivity contribution in [1.29, 1.82) is 0 Å². The molecule has 1 aromatic rings. The Kier molecular flexibility index (Phi) is 5.56. The molecule has 2 nitrogen and oxygen atoms in total. The van der Waals surface area contributed by atoms with Crippen molar-refractivity contribution in [1.82, 2.24) is 5.43 Å². The van der Waals surface area contributed by atoms with Gasteiger partial charge < -0.3 is 0 Å². The maximum atomic E-state index is 6.14. The molecule has 0 aliphatic rings. The summed E-state index contributed by atoms with van der Waals surface area (Å²) in [5.74, 6) is 6.21. The molecule has 0 aliphatic carbocycles. The highest BCUT2D eigenvalue weighted by Gasteiger charge is 2.13. The second-order valence-corrected chi connectivity index (χ2v) is 5.20. The third-order valence-corrected chi connectivity index (χ3v) is 3.13. The van der Waals surface area contributed by atoms with Crippen LogP contribution in [0.3, 0.4) is 0 Å². The number of hydrazine groups is 1. The number of hydrogen-bond acceptors (Lipinski definition) is 2. The average Bonchev–Trinajstić information content (AvgIpc) is 2.21. The molecule has 4 heteroatoms. The largest absolute Gasteiger partial charge is 0.271 e. The molecule has 0 heterocycles. The van der Waals surface area contributed by atoms with E-state index in [1.54, 1.807) is 6.07 Å². The zero-order valence-electron chi connectivity index (χ0n) is 9.63. The fourth-order valence-corrected chi connectivity index (χ4v) is 2.15. The summed E-state index contributed by atoms with van der Waals surface area (Å²) in [6, 6.07) is 5.60. The Bertz CT molecular complexity index is 340. The lowest BCUT2D eigenvalue weighted by Crippen LogP contribution is -2.28. The van der Waals surface area contributed by atoms with E-state index in [1.165, 1.54) is 0 Å². The Balaban J connectivity index is 2.78. The van der Waals surface area contributed by atoms with Crippen LogP contribution in [0.25, 0.3) is 0 Å². The minimum Gasteiger partial charge on any atom is -0.271 e. The van der Waals surface area contributed by atoms with Gasteiger partial charge >= 0.3 is 0 Å². The Hall–Kier alpha value is -0.280. The molecule has 1 unspecified atom stereocenters. The van der Waals surface area contributed by atoms with E-state index in [1.807, 2.05) is 12.1 Å². The quantitative estimate of drug-likeness (QED) is 0.622. The van der Waals surface area contributed by atoms with Crippen LogP contribution in [-0.2, 0) is 0 Å². The van der Waals surface area contributed by atoms with Crippen LogP contribution < -0.4 is 11.3 Å². The molecule has 0 aromatic heterocycles. The van der Waals surface area contributed by atoms with Gasteiger partial charge in [-0.2, -0.15) is 0 Å². The van der Waals surface area contributed by atoms with Gasteiger partial charge in [0.05, 0.1) is 0 Å². The lowest BCUT2D eigenvalue weighted by molar-refractivity contribution is 0.448. The van der Waals surface area contributed by atoms with Crippen molar-refractivity contribution in [2.24, 2.45) is 11.8 Å². The molecule has 1 aromatic carbocycles. The second-order valence-electron chi connectivity index (χ2n) is 4.36. The Morgan fingerprint density at radius 2 is 1.94 bits per heavy atom. The van der Waals surface area contributed by atoms with E-state index in [4.69, 9.17) is 29.0 Å². The van der Waals surface area contributed by atoms with E-state index in [9.17, 15) is 0 Å². The first-order chi connectivity index (χ1) is 7.54. The molecule has 90 valence electrons. The number of benzene rings is 1. The lowest BCUT2D eigenvalue weighted by atomic mass is 9.98. The summed E-state index contributed by atoms with van der Waals surface area (Å²) < 4.78 is 0. The predicted octanol–water partition coefficient (Wildman–Crippen LogP) is 3.93. The average molecular weight is 261 g/mol. The molecule has 1 rings (SSSR count). The van der Waals surface area contributed by atoms with Crippen LogP contribution >= 0.6 is 23.2 Å². The molecule has 16 heavy (non-hydrogen) atoms. The van der Waals surface area contributed by atoms with E-state index < -0.39 is 0 Å². The smallest absolute Gasteiger partial charge is 0.0474 e. The second kappa shape index (κ2) is 6.45. The van der Waals surface area contributed by atoms with Gasteiger partial charge in [0.1, 0.15) is 0 Å². The van der Waals surface area contributed by atoms with Crippen LogP contribution in [0.2, 0.25) is 10.0 Å². The molecular weight excluding hydrogens is 243 g/mol. The summed E-state index contributed by atoms with van der Waals surface area (Å²) >= 11 is 12.0. The Morgan fingerprint density at radius 1 is 1.25 bits per heavy atom. The van der Waals surface area contributed by atoms with Gasteiger partial charge in [-0.1, -0.05) is 43.1 Å². The van der Waals surface area contributed by atoms with Crippen LogP contribution in [0.4, 0.5) is 0 Å². The SMILES string of the molecule is CC(C)CCC(NN)c1ccc(Cl)cc1Cl. The molecule has 0 fully saturated rings. The summed E-state index contributed by atoms with van der Waals surface area (Å²) in [4.78, 5) is 0. The fourth-order valence-electron chi connectivity index (χ4n) is 1.61. The van der Waals surface area contributed by atoms with Crippen LogP contribution in [0.15, 0.2) is 18.2 Å². The van der Waals surface area contributed by atoms with Gasteiger partial charge in [0.15, 0.2) is 0 Å². The fraction of sp³-hybridized carbons (Fsp3) is 0.500. The zero-order valence-corrected chi connectivity index (χ0v) is 11.1. The highest BCUT2D eigenvalue weighted by molar-refractivity contribution is 6.35. The number of rotatable bonds is 5. The van der Waals surface area contributed by atoms with Gasteiger partial charge in [0, 0.05) is 16.1 Å². The third-order valence-electron chi connectivity index (χ3n) is 2.57. The van der Waals surface area contributed by atoms with Gasteiger partial charge in [-0.3, -0.25) is 11.3 Å². The molecule has 1 atom stereocenters. The summed E-state index contributed by atoms with van der Waals surface area (Å²) in [7, 11) is 0. The zero-order chi connectivity index (χ0) is 12.1. The number of hydrogen-bond donors (Lipinski definition) is 2. The van der Waals surface area contributed by atoms with Crippen molar-refractivity contribution < 1.29 is 0 Å². The lowest BCUT2D eigenvalue weighted by Gasteiger charge is -2.18. The van der Waals surface area contributed by atoms with Gasteiger partial charge in [-0.15, -0.1) is 0 Å². The number of nitrogens with two attached hydrogens (primary N) is 1. The standard InChI is InChI=1S/C12H18Cl2N2/c1-8(2)3-6-12(16-15)10-5-4-9(13)7-11(10)14/h4-5,7-8,12,16H,3,6,15H2,1-2H3. The third kappa shape index (κ3) is 3.95. The number of halogens is 2. The van der Waals surface area contributed by atoms with Crippen LogP contribution in [0.1, 0.15) is 38.3 Å².